The molecule has 0 saturated carbocycles. The number of nitrogens with two attached hydrogens (primary N) is 2. The molecule has 0 aromatic heterocycles. The van der Waals surface area contributed by atoms with Crippen LogP contribution in [0.3, 0.4) is 0 Å². The molecular formula is C21H37N5O6. The first-order chi connectivity index (χ1) is 14.8. The smallest absolute Gasteiger partial charge is 0.326 e. The van der Waals surface area contributed by atoms with Crippen molar-refractivity contribution < 1.29 is 29.1 Å². The summed E-state index contributed by atoms with van der Waals surface area (Å²) in [5.41, 5.74) is 10.9. The van der Waals surface area contributed by atoms with Crippen molar-refractivity contribution in [2.75, 3.05) is 6.54 Å². The summed E-state index contributed by atoms with van der Waals surface area (Å²) in [6.45, 7) is 7.58. The van der Waals surface area contributed by atoms with E-state index in [1.54, 1.807) is 13.8 Å². The van der Waals surface area contributed by atoms with E-state index in [0.29, 0.717) is 25.8 Å². The second-order valence-electron chi connectivity index (χ2n) is 9.06. The number of carbonyl (C=O) groups excluding carboxylic acids is 4. The van der Waals surface area contributed by atoms with E-state index in [1.807, 2.05) is 13.8 Å². The molecule has 32 heavy (non-hydrogen) atoms. The monoisotopic (exact) mass is 455 g/mol. The molecule has 182 valence electrons. The first-order valence-electron chi connectivity index (χ1n) is 11.0. The van der Waals surface area contributed by atoms with E-state index in [4.69, 9.17) is 11.5 Å². The quantitative estimate of drug-likeness (QED) is 0.258. The van der Waals surface area contributed by atoms with Crippen LogP contribution in [0.2, 0.25) is 0 Å². The Kier molecular flexibility index (Phi) is 10.6. The molecule has 1 fully saturated rings. The summed E-state index contributed by atoms with van der Waals surface area (Å²) in [5, 5.41) is 14.7. The normalized spacial score (nSPS) is 18.8. The highest BCUT2D eigenvalue weighted by atomic mass is 16.4. The van der Waals surface area contributed by atoms with E-state index in [1.165, 1.54) is 4.90 Å². The van der Waals surface area contributed by atoms with Gasteiger partial charge in [-0.3, -0.25) is 19.2 Å². The Morgan fingerprint density at radius 1 is 1.06 bits per heavy atom. The second-order valence-corrected chi connectivity index (χ2v) is 9.06. The van der Waals surface area contributed by atoms with Crippen LogP contribution < -0.4 is 22.1 Å². The van der Waals surface area contributed by atoms with Gasteiger partial charge in [-0.2, -0.15) is 0 Å². The van der Waals surface area contributed by atoms with Gasteiger partial charge in [-0.05, 0) is 37.5 Å². The molecule has 0 aromatic rings. The number of carboxylic acids is 1. The van der Waals surface area contributed by atoms with Crippen molar-refractivity contribution in [2.24, 2.45) is 23.3 Å². The molecular weight excluding hydrogens is 418 g/mol. The van der Waals surface area contributed by atoms with Gasteiger partial charge in [0.25, 0.3) is 0 Å². The van der Waals surface area contributed by atoms with Crippen LogP contribution in [0.25, 0.3) is 0 Å². The van der Waals surface area contributed by atoms with E-state index >= 15 is 0 Å². The van der Waals surface area contributed by atoms with Crippen LogP contribution in [0.4, 0.5) is 0 Å². The van der Waals surface area contributed by atoms with Gasteiger partial charge < -0.3 is 32.1 Å². The number of aliphatic carboxylic acids is 1. The SMILES string of the molecule is CC(C)CC(NC(=O)C(NC(=O)C(N)CCC(N)=O)C(C)C)C(=O)N1CCCC1C(=O)O. The minimum Gasteiger partial charge on any atom is -0.480 e. The van der Waals surface area contributed by atoms with E-state index in [0.717, 1.165) is 0 Å². The molecule has 1 aliphatic heterocycles. The third-order valence-electron chi connectivity index (χ3n) is 5.43. The van der Waals surface area contributed by atoms with Crippen molar-refractivity contribution in [3.63, 3.8) is 0 Å². The standard InChI is InChI=1S/C21H37N5O6/c1-11(2)10-14(20(30)26-9-5-6-15(26)21(31)32)24-19(29)17(12(3)4)25-18(28)13(22)7-8-16(23)27/h11-15,17H,5-10,22H2,1-4H3,(H2,23,27)(H,24,29)(H,25,28)(H,31,32). The summed E-state index contributed by atoms with van der Waals surface area (Å²) in [5.74, 6) is -3.49. The zero-order valence-corrected chi connectivity index (χ0v) is 19.3. The van der Waals surface area contributed by atoms with Gasteiger partial charge in [0.15, 0.2) is 0 Å². The molecule has 11 heteroatoms. The van der Waals surface area contributed by atoms with Gasteiger partial charge in [0.05, 0.1) is 6.04 Å². The second kappa shape index (κ2) is 12.4. The molecule has 0 radical (unpaired) electrons. The van der Waals surface area contributed by atoms with Gasteiger partial charge in [-0.25, -0.2) is 4.79 Å². The maximum absolute atomic E-state index is 13.1. The zero-order valence-electron chi connectivity index (χ0n) is 19.3. The van der Waals surface area contributed by atoms with Crippen LogP contribution in [0.5, 0.6) is 0 Å². The first kappa shape index (κ1) is 27.3. The molecule has 4 amide bonds. The van der Waals surface area contributed by atoms with Crippen molar-refractivity contribution in [3.05, 3.63) is 0 Å². The van der Waals surface area contributed by atoms with Crippen molar-refractivity contribution in [3.8, 4) is 0 Å². The molecule has 7 N–H and O–H groups in total. The van der Waals surface area contributed by atoms with Gasteiger partial charge in [-0.15, -0.1) is 0 Å². The predicted octanol–water partition coefficient (Wildman–Crippen LogP) is -0.673. The summed E-state index contributed by atoms with van der Waals surface area (Å²) in [7, 11) is 0. The van der Waals surface area contributed by atoms with E-state index in [-0.39, 0.29) is 24.7 Å². The van der Waals surface area contributed by atoms with Gasteiger partial charge in [0.2, 0.25) is 23.6 Å². The number of likely N-dealkylation sites (tertiary alicyclic amines) is 1. The predicted molar refractivity (Wildman–Crippen MR) is 117 cm³/mol. The molecule has 0 bridgehead atoms. The highest BCUT2D eigenvalue weighted by Crippen LogP contribution is 2.20. The van der Waals surface area contributed by atoms with Gasteiger partial charge in [0, 0.05) is 13.0 Å². The number of primary amides is 1. The van der Waals surface area contributed by atoms with Crippen LogP contribution in [0, 0.1) is 11.8 Å². The minimum absolute atomic E-state index is 0.0492. The molecule has 1 heterocycles. The minimum atomic E-state index is -1.07. The van der Waals surface area contributed by atoms with Crippen LogP contribution in [-0.4, -0.2) is 70.3 Å². The lowest BCUT2D eigenvalue weighted by molar-refractivity contribution is -0.149. The zero-order chi connectivity index (χ0) is 24.6. The molecule has 1 saturated heterocycles. The topological polar surface area (TPSA) is 185 Å². The van der Waals surface area contributed by atoms with Crippen LogP contribution in [0.1, 0.15) is 59.8 Å². The van der Waals surface area contributed by atoms with Crippen LogP contribution in [-0.2, 0) is 24.0 Å². The van der Waals surface area contributed by atoms with Gasteiger partial charge in [-0.1, -0.05) is 27.7 Å². The lowest BCUT2D eigenvalue weighted by Gasteiger charge is -2.30. The van der Waals surface area contributed by atoms with E-state index < -0.39 is 53.8 Å². The molecule has 1 aliphatic rings. The number of carboxylic acid groups (broad SMARTS) is 1. The third kappa shape index (κ3) is 8.10. The third-order valence-corrected chi connectivity index (χ3v) is 5.43. The number of hydrogen-bond donors (Lipinski definition) is 5. The Bertz CT molecular complexity index is 711. The first-order valence-corrected chi connectivity index (χ1v) is 11.0. The summed E-state index contributed by atoms with van der Waals surface area (Å²) >= 11 is 0. The van der Waals surface area contributed by atoms with Crippen molar-refractivity contribution in [1.82, 2.24) is 15.5 Å². The molecule has 0 aliphatic carbocycles. The summed E-state index contributed by atoms with van der Waals surface area (Å²) in [4.78, 5) is 62.2. The Balaban J connectivity index is 2.93. The fraction of sp³-hybridized carbons (Fsp3) is 0.762. The lowest BCUT2D eigenvalue weighted by Crippen LogP contribution is -2.58. The maximum Gasteiger partial charge on any atom is 0.326 e. The Morgan fingerprint density at radius 3 is 2.19 bits per heavy atom. The van der Waals surface area contributed by atoms with Crippen molar-refractivity contribution >= 4 is 29.6 Å². The van der Waals surface area contributed by atoms with E-state index in [9.17, 15) is 29.1 Å². The van der Waals surface area contributed by atoms with Gasteiger partial charge >= 0.3 is 5.97 Å². The molecule has 0 spiro atoms. The molecule has 1 rings (SSSR count). The fourth-order valence-corrected chi connectivity index (χ4v) is 3.67. The highest BCUT2D eigenvalue weighted by molar-refractivity contribution is 5.94. The Labute approximate surface area is 188 Å². The maximum atomic E-state index is 13.1. The summed E-state index contributed by atoms with van der Waals surface area (Å²) in [6, 6.07) is -3.79. The number of nitrogens with zero attached hydrogens (tertiary/aromatic N) is 1. The number of hydrogen-bond acceptors (Lipinski definition) is 6. The number of carbonyl (C=O) groups is 5. The Morgan fingerprint density at radius 2 is 1.69 bits per heavy atom. The fourth-order valence-electron chi connectivity index (χ4n) is 3.67. The van der Waals surface area contributed by atoms with Crippen molar-refractivity contribution in [2.45, 2.75) is 84.0 Å². The number of amides is 4. The van der Waals surface area contributed by atoms with Crippen molar-refractivity contribution in [1.29, 1.82) is 0 Å². The van der Waals surface area contributed by atoms with Gasteiger partial charge in [0.1, 0.15) is 18.1 Å². The van der Waals surface area contributed by atoms with E-state index in [2.05, 4.69) is 10.6 Å². The molecule has 11 nitrogen and oxygen atoms in total. The highest BCUT2D eigenvalue weighted by Gasteiger charge is 2.38. The molecule has 0 aromatic carbocycles. The van der Waals surface area contributed by atoms with Crippen LogP contribution >= 0.6 is 0 Å². The summed E-state index contributed by atoms with van der Waals surface area (Å²) < 4.78 is 0. The lowest BCUT2D eigenvalue weighted by atomic mass is 9.99. The summed E-state index contributed by atoms with van der Waals surface area (Å²) in [6.07, 6.45) is 1.27. The molecule has 4 atom stereocenters. The average Bonchev–Trinajstić information content (AvgIpc) is 3.18. The number of rotatable bonds is 12. The largest absolute Gasteiger partial charge is 0.480 e. The van der Waals surface area contributed by atoms with Crippen LogP contribution in [0.15, 0.2) is 0 Å². The number of nitrogens with one attached hydrogen (secondary N) is 2. The average molecular weight is 456 g/mol. The Hall–Kier alpha value is -2.69. The molecule has 4 unspecified atom stereocenters.